The van der Waals surface area contributed by atoms with Gasteiger partial charge in [0, 0.05) is 22.0 Å². The Balaban J connectivity index is 1.43. The second kappa shape index (κ2) is 8.03. The van der Waals surface area contributed by atoms with Crippen molar-refractivity contribution in [3.63, 3.8) is 0 Å². The monoisotopic (exact) mass is 421 g/mol. The highest BCUT2D eigenvalue weighted by atomic mass is 35.5. The largest absolute Gasteiger partial charge is 0.318 e. The lowest BCUT2D eigenvalue weighted by atomic mass is 10.2. The van der Waals surface area contributed by atoms with Gasteiger partial charge in [0.25, 0.3) is 0 Å². The predicted octanol–water partition coefficient (Wildman–Crippen LogP) is 5.50. The average Bonchev–Trinajstić information content (AvgIpc) is 3.13. The lowest BCUT2D eigenvalue weighted by Gasteiger charge is -2.07. The number of rotatable bonds is 3. The summed E-state index contributed by atoms with van der Waals surface area (Å²) in [6.45, 7) is 2.05. The highest BCUT2D eigenvalue weighted by Crippen LogP contribution is 2.31. The van der Waals surface area contributed by atoms with Crippen LogP contribution in [0, 0.1) is 6.92 Å². The number of thiazole rings is 1. The van der Waals surface area contributed by atoms with E-state index in [2.05, 4.69) is 28.6 Å². The molecule has 5 nitrogen and oxygen atoms in total. The molecular weight excluding hydrogens is 406 g/mol. The number of amides is 2. The van der Waals surface area contributed by atoms with Gasteiger partial charge in [0.15, 0.2) is 0 Å². The number of anilines is 2. The molecule has 0 aliphatic heterocycles. The number of benzene rings is 3. The maximum atomic E-state index is 12.1. The first-order valence-corrected chi connectivity index (χ1v) is 10.0. The van der Waals surface area contributed by atoms with E-state index < -0.39 is 11.8 Å². The summed E-state index contributed by atoms with van der Waals surface area (Å²) in [7, 11) is 0. The number of nitrogens with one attached hydrogen (secondary N) is 2. The van der Waals surface area contributed by atoms with Crippen LogP contribution in [0.1, 0.15) is 5.56 Å². The van der Waals surface area contributed by atoms with E-state index in [1.54, 1.807) is 47.7 Å². The van der Waals surface area contributed by atoms with E-state index in [1.807, 2.05) is 24.3 Å². The number of fused-ring (bicyclic) bond motifs is 1. The van der Waals surface area contributed by atoms with Crippen LogP contribution in [0.25, 0.3) is 20.8 Å². The van der Waals surface area contributed by atoms with Crippen molar-refractivity contribution in [2.45, 2.75) is 6.92 Å². The number of aromatic nitrogens is 1. The lowest BCUT2D eigenvalue weighted by molar-refractivity contribution is -0.132. The Morgan fingerprint density at radius 3 is 2.07 bits per heavy atom. The Bertz CT molecular complexity index is 1200. The van der Waals surface area contributed by atoms with Gasteiger partial charge < -0.3 is 10.6 Å². The Kier molecular flexibility index (Phi) is 5.29. The summed E-state index contributed by atoms with van der Waals surface area (Å²) in [4.78, 5) is 28.8. The molecule has 1 aromatic heterocycles. The fraction of sp³-hybridized carbons (Fsp3) is 0.0455. The quantitative estimate of drug-likeness (QED) is 0.429. The minimum Gasteiger partial charge on any atom is -0.318 e. The molecule has 144 valence electrons. The van der Waals surface area contributed by atoms with Crippen LogP contribution in [0.4, 0.5) is 11.4 Å². The second-order valence-electron chi connectivity index (χ2n) is 6.48. The Labute approximate surface area is 176 Å². The zero-order valence-corrected chi connectivity index (χ0v) is 17.0. The maximum absolute atomic E-state index is 12.1. The third-order valence-electron chi connectivity index (χ3n) is 4.24. The van der Waals surface area contributed by atoms with Crippen LogP contribution in [0.15, 0.2) is 66.7 Å². The average molecular weight is 422 g/mol. The predicted molar refractivity (Wildman–Crippen MR) is 119 cm³/mol. The molecule has 1 heterocycles. The van der Waals surface area contributed by atoms with E-state index in [1.165, 1.54) is 5.56 Å². The maximum Gasteiger partial charge on any atom is 0.314 e. The van der Waals surface area contributed by atoms with Crippen molar-refractivity contribution in [2.24, 2.45) is 0 Å². The van der Waals surface area contributed by atoms with Crippen molar-refractivity contribution in [1.29, 1.82) is 0 Å². The summed E-state index contributed by atoms with van der Waals surface area (Å²) >= 11 is 7.43. The van der Waals surface area contributed by atoms with Gasteiger partial charge in [-0.25, -0.2) is 4.98 Å². The molecular formula is C22H16ClN3O2S. The molecule has 4 rings (SSSR count). The highest BCUT2D eigenvalue weighted by Gasteiger charge is 2.14. The minimum atomic E-state index is -0.752. The Morgan fingerprint density at radius 2 is 1.45 bits per heavy atom. The third-order valence-corrected chi connectivity index (χ3v) is 5.56. The van der Waals surface area contributed by atoms with Gasteiger partial charge in [-0.05, 0) is 73.2 Å². The van der Waals surface area contributed by atoms with Gasteiger partial charge >= 0.3 is 11.8 Å². The molecule has 3 aromatic carbocycles. The molecule has 0 fully saturated rings. The smallest absolute Gasteiger partial charge is 0.314 e. The van der Waals surface area contributed by atoms with Gasteiger partial charge in [0.05, 0.1) is 10.2 Å². The summed E-state index contributed by atoms with van der Waals surface area (Å²) in [5, 5.41) is 6.58. The number of hydrogen-bond acceptors (Lipinski definition) is 4. The van der Waals surface area contributed by atoms with Gasteiger partial charge in [-0.15, -0.1) is 11.3 Å². The molecule has 0 saturated heterocycles. The summed E-state index contributed by atoms with van der Waals surface area (Å²) in [6.07, 6.45) is 0. The van der Waals surface area contributed by atoms with Crippen molar-refractivity contribution in [1.82, 2.24) is 4.98 Å². The first-order valence-electron chi connectivity index (χ1n) is 8.83. The summed E-state index contributed by atoms with van der Waals surface area (Å²) in [6, 6.07) is 19.9. The van der Waals surface area contributed by atoms with Gasteiger partial charge in [-0.2, -0.15) is 0 Å². The van der Waals surface area contributed by atoms with E-state index in [0.29, 0.717) is 16.4 Å². The van der Waals surface area contributed by atoms with Crippen LogP contribution in [-0.2, 0) is 9.59 Å². The van der Waals surface area contributed by atoms with E-state index in [0.717, 1.165) is 20.8 Å². The van der Waals surface area contributed by atoms with Crippen LogP contribution >= 0.6 is 22.9 Å². The zero-order valence-electron chi connectivity index (χ0n) is 15.4. The molecule has 29 heavy (non-hydrogen) atoms. The van der Waals surface area contributed by atoms with Crippen molar-refractivity contribution in [3.8, 4) is 10.6 Å². The molecule has 4 aromatic rings. The molecule has 0 atom stereocenters. The molecule has 2 amide bonds. The molecule has 2 N–H and O–H groups in total. The molecule has 0 radical (unpaired) electrons. The summed E-state index contributed by atoms with van der Waals surface area (Å²) in [5.74, 6) is -1.50. The normalized spacial score (nSPS) is 10.7. The van der Waals surface area contributed by atoms with Crippen molar-refractivity contribution < 1.29 is 9.59 Å². The summed E-state index contributed by atoms with van der Waals surface area (Å²) in [5.41, 5.74) is 4.14. The van der Waals surface area contributed by atoms with Gasteiger partial charge in [0.2, 0.25) is 0 Å². The van der Waals surface area contributed by atoms with Gasteiger partial charge in [-0.3, -0.25) is 9.59 Å². The Morgan fingerprint density at radius 1 is 0.862 bits per heavy atom. The standard InChI is InChI=1S/C22H16ClN3O2S/c1-13-2-11-18-19(12-13)29-22(26-18)14-3-7-16(8-4-14)24-20(27)21(28)25-17-9-5-15(23)6-10-17/h2-12H,1H3,(H,24,27)(H,25,28). The van der Waals surface area contributed by atoms with Crippen molar-refractivity contribution in [2.75, 3.05) is 10.6 Å². The first-order chi connectivity index (χ1) is 14.0. The molecule has 0 unspecified atom stereocenters. The van der Waals surface area contributed by atoms with E-state index >= 15 is 0 Å². The molecule has 0 aliphatic rings. The third kappa shape index (κ3) is 4.45. The molecule has 0 aliphatic carbocycles. The summed E-state index contributed by atoms with van der Waals surface area (Å²) < 4.78 is 1.14. The van der Waals surface area contributed by atoms with Gasteiger partial charge in [0.1, 0.15) is 5.01 Å². The number of aryl methyl sites for hydroxylation is 1. The lowest BCUT2D eigenvalue weighted by Crippen LogP contribution is -2.29. The van der Waals surface area contributed by atoms with Crippen LogP contribution in [0.5, 0.6) is 0 Å². The first kappa shape index (κ1) is 19.1. The number of hydrogen-bond donors (Lipinski definition) is 2. The van der Waals surface area contributed by atoms with Crippen LogP contribution in [-0.4, -0.2) is 16.8 Å². The van der Waals surface area contributed by atoms with E-state index in [9.17, 15) is 9.59 Å². The Hall–Kier alpha value is -3.22. The van der Waals surface area contributed by atoms with E-state index in [4.69, 9.17) is 11.6 Å². The van der Waals surface area contributed by atoms with Crippen molar-refractivity contribution >= 4 is 56.3 Å². The van der Waals surface area contributed by atoms with Gasteiger partial charge in [-0.1, -0.05) is 17.7 Å². The zero-order chi connectivity index (χ0) is 20.4. The second-order valence-corrected chi connectivity index (χ2v) is 7.95. The minimum absolute atomic E-state index is 0.496. The number of nitrogens with zero attached hydrogens (tertiary/aromatic N) is 1. The van der Waals surface area contributed by atoms with Crippen molar-refractivity contribution in [3.05, 3.63) is 77.3 Å². The highest BCUT2D eigenvalue weighted by molar-refractivity contribution is 7.21. The van der Waals surface area contributed by atoms with E-state index in [-0.39, 0.29) is 0 Å². The van der Waals surface area contributed by atoms with Crippen LogP contribution in [0.2, 0.25) is 5.02 Å². The topological polar surface area (TPSA) is 71.1 Å². The molecule has 0 saturated carbocycles. The molecule has 7 heteroatoms. The number of carbonyl (C=O) groups excluding carboxylic acids is 2. The molecule has 0 bridgehead atoms. The molecule has 0 spiro atoms. The fourth-order valence-corrected chi connectivity index (χ4v) is 3.96. The van der Waals surface area contributed by atoms with Crippen LogP contribution in [0.3, 0.4) is 0 Å². The SMILES string of the molecule is Cc1ccc2nc(-c3ccc(NC(=O)C(=O)Nc4ccc(Cl)cc4)cc3)sc2c1. The number of halogens is 1. The number of carbonyl (C=O) groups is 2. The fourth-order valence-electron chi connectivity index (χ4n) is 2.76. The van der Waals surface area contributed by atoms with Crippen LogP contribution < -0.4 is 10.6 Å².